The molecule has 0 aromatic heterocycles. The third-order valence-electron chi connectivity index (χ3n) is 3.09. The number of hydrogen-bond donors (Lipinski definition) is 2. The first kappa shape index (κ1) is 17.1. The lowest BCUT2D eigenvalue weighted by molar-refractivity contribution is 0.0696. The molecule has 0 aliphatic rings. The van der Waals surface area contributed by atoms with E-state index in [0.29, 0.717) is 16.4 Å². The molecule has 2 N–H and O–H groups in total. The van der Waals surface area contributed by atoms with Crippen LogP contribution in [0.3, 0.4) is 0 Å². The zero-order valence-electron chi connectivity index (χ0n) is 12.4. The van der Waals surface area contributed by atoms with Crippen molar-refractivity contribution in [2.24, 2.45) is 0 Å². The fourth-order valence-corrected chi connectivity index (χ4v) is 3.44. The molecule has 0 unspecified atom stereocenters. The van der Waals surface area contributed by atoms with Crippen molar-refractivity contribution in [1.29, 1.82) is 0 Å². The molecule has 2 rings (SSSR count). The van der Waals surface area contributed by atoms with Crippen molar-refractivity contribution in [3.05, 3.63) is 53.1 Å². The Hall–Kier alpha value is -2.25. The molecule has 6 nitrogen and oxygen atoms in total. The van der Waals surface area contributed by atoms with Gasteiger partial charge in [0.1, 0.15) is 0 Å². The summed E-state index contributed by atoms with van der Waals surface area (Å²) in [4.78, 5) is 12.5. The Balaban J connectivity index is 2.39. The highest BCUT2D eigenvalue weighted by molar-refractivity contribution is 7.92. The third kappa shape index (κ3) is 3.75. The average molecular weight is 355 g/mol. The number of benzene rings is 2. The van der Waals surface area contributed by atoms with Crippen molar-refractivity contribution >= 4 is 39.0 Å². The highest BCUT2D eigenvalue weighted by atomic mass is 35.5. The molecule has 2 aromatic carbocycles. The average Bonchev–Trinajstić information content (AvgIpc) is 2.46. The van der Waals surface area contributed by atoms with E-state index in [0.717, 1.165) is 0 Å². The number of aromatic carboxylic acids is 1. The van der Waals surface area contributed by atoms with Crippen LogP contribution in [-0.4, -0.2) is 33.6 Å². The molecule has 0 saturated carbocycles. The first-order chi connectivity index (χ1) is 10.7. The molecule has 0 saturated heterocycles. The van der Waals surface area contributed by atoms with Gasteiger partial charge < -0.3 is 10.0 Å². The number of nitrogens with one attached hydrogen (secondary N) is 1. The van der Waals surface area contributed by atoms with Crippen molar-refractivity contribution in [3.8, 4) is 0 Å². The van der Waals surface area contributed by atoms with Crippen molar-refractivity contribution in [2.45, 2.75) is 4.90 Å². The predicted octanol–water partition coefficient (Wildman–Crippen LogP) is 2.91. The van der Waals surface area contributed by atoms with Crippen LogP contribution in [0.25, 0.3) is 0 Å². The maximum Gasteiger partial charge on any atom is 0.335 e. The number of nitrogens with zero attached hydrogens (tertiary/aromatic N) is 1. The first-order valence-electron chi connectivity index (χ1n) is 6.54. The number of anilines is 2. The lowest BCUT2D eigenvalue weighted by atomic mass is 10.2. The third-order valence-corrected chi connectivity index (χ3v) is 4.78. The van der Waals surface area contributed by atoms with E-state index in [2.05, 4.69) is 4.72 Å². The Labute approximate surface area is 139 Å². The van der Waals surface area contributed by atoms with E-state index in [1.54, 1.807) is 37.2 Å². The molecule has 0 fully saturated rings. The zero-order valence-corrected chi connectivity index (χ0v) is 14.0. The largest absolute Gasteiger partial charge is 0.478 e. The van der Waals surface area contributed by atoms with Crippen LogP contribution < -0.4 is 9.62 Å². The quantitative estimate of drug-likeness (QED) is 0.862. The molecule has 122 valence electrons. The van der Waals surface area contributed by atoms with Crippen LogP contribution in [0, 0.1) is 0 Å². The van der Waals surface area contributed by atoms with Gasteiger partial charge in [0.25, 0.3) is 10.0 Å². The topological polar surface area (TPSA) is 86.7 Å². The lowest BCUT2D eigenvalue weighted by Crippen LogP contribution is -2.17. The first-order valence-corrected chi connectivity index (χ1v) is 8.40. The minimum atomic E-state index is -3.86. The second kappa shape index (κ2) is 6.47. The summed E-state index contributed by atoms with van der Waals surface area (Å²) >= 11 is 6.11. The molecule has 8 heteroatoms. The molecule has 0 aliphatic heterocycles. The molecule has 0 heterocycles. The molecular weight excluding hydrogens is 340 g/mol. The Morgan fingerprint density at radius 3 is 2.26 bits per heavy atom. The molecule has 23 heavy (non-hydrogen) atoms. The van der Waals surface area contributed by atoms with Crippen molar-refractivity contribution in [3.63, 3.8) is 0 Å². The van der Waals surface area contributed by atoms with Crippen LogP contribution in [0.15, 0.2) is 47.4 Å². The summed E-state index contributed by atoms with van der Waals surface area (Å²) < 4.78 is 27.4. The minimum Gasteiger partial charge on any atom is -0.478 e. The smallest absolute Gasteiger partial charge is 0.335 e. The second-order valence-electron chi connectivity index (χ2n) is 4.97. The van der Waals surface area contributed by atoms with E-state index in [9.17, 15) is 13.2 Å². The standard InChI is InChI=1S/C15H15ClN2O4S/c1-18(2)14-12(16)4-3-5-13(14)17-23(21,22)11-8-6-10(7-9-11)15(19)20/h3-9,17H,1-2H3,(H,19,20). The molecule has 0 aliphatic carbocycles. The zero-order chi connectivity index (χ0) is 17.2. The summed E-state index contributed by atoms with van der Waals surface area (Å²) in [6.07, 6.45) is 0. The summed E-state index contributed by atoms with van der Waals surface area (Å²) in [5.74, 6) is -1.12. The highest BCUT2D eigenvalue weighted by Crippen LogP contribution is 2.33. The number of carboxylic acid groups (broad SMARTS) is 1. The van der Waals surface area contributed by atoms with Crippen molar-refractivity contribution < 1.29 is 18.3 Å². The second-order valence-corrected chi connectivity index (χ2v) is 7.06. The number of halogens is 1. The van der Waals surface area contributed by atoms with Crippen LogP contribution >= 0.6 is 11.6 Å². The van der Waals surface area contributed by atoms with Gasteiger partial charge in [-0.05, 0) is 36.4 Å². The highest BCUT2D eigenvalue weighted by Gasteiger charge is 2.18. The van der Waals surface area contributed by atoms with Gasteiger partial charge in [0, 0.05) is 14.1 Å². The minimum absolute atomic E-state index is 0.0145. The SMILES string of the molecule is CN(C)c1c(Cl)cccc1NS(=O)(=O)c1ccc(C(=O)O)cc1. The van der Waals surface area contributed by atoms with Gasteiger partial charge in [-0.3, -0.25) is 4.72 Å². The van der Waals surface area contributed by atoms with Gasteiger partial charge in [0.05, 0.1) is 26.9 Å². The van der Waals surface area contributed by atoms with E-state index in [1.807, 2.05) is 0 Å². The summed E-state index contributed by atoms with van der Waals surface area (Å²) in [7, 11) is -0.355. The predicted molar refractivity (Wildman–Crippen MR) is 90.0 cm³/mol. The van der Waals surface area contributed by atoms with Gasteiger partial charge in [-0.15, -0.1) is 0 Å². The van der Waals surface area contributed by atoms with Gasteiger partial charge in [-0.2, -0.15) is 0 Å². The van der Waals surface area contributed by atoms with E-state index < -0.39 is 16.0 Å². The maximum absolute atomic E-state index is 12.4. The van der Waals surface area contributed by atoms with Gasteiger partial charge >= 0.3 is 5.97 Å². The molecule has 0 bridgehead atoms. The Bertz CT molecular complexity index is 833. The van der Waals surface area contributed by atoms with Gasteiger partial charge in [-0.1, -0.05) is 17.7 Å². The summed E-state index contributed by atoms with van der Waals surface area (Å²) in [6, 6.07) is 9.86. The van der Waals surface area contributed by atoms with Crippen molar-refractivity contribution in [1.82, 2.24) is 0 Å². The lowest BCUT2D eigenvalue weighted by Gasteiger charge is -2.20. The summed E-state index contributed by atoms with van der Waals surface area (Å²) in [6.45, 7) is 0. The molecular formula is C15H15ClN2O4S. The Kier molecular flexibility index (Phi) is 4.82. The van der Waals surface area contributed by atoms with E-state index >= 15 is 0 Å². The fourth-order valence-electron chi connectivity index (χ4n) is 2.03. The summed E-state index contributed by atoms with van der Waals surface area (Å²) in [5.41, 5.74) is 0.894. The van der Waals surface area contributed by atoms with Crippen LogP contribution in [0.2, 0.25) is 5.02 Å². The number of sulfonamides is 1. The van der Waals surface area contributed by atoms with Crippen LogP contribution in [0.5, 0.6) is 0 Å². The number of carbonyl (C=O) groups is 1. The molecule has 2 aromatic rings. The summed E-state index contributed by atoms with van der Waals surface area (Å²) in [5, 5.41) is 9.27. The van der Waals surface area contributed by atoms with Gasteiger partial charge in [0.2, 0.25) is 0 Å². The van der Waals surface area contributed by atoms with E-state index in [1.165, 1.54) is 24.3 Å². The monoisotopic (exact) mass is 354 g/mol. The van der Waals surface area contributed by atoms with Crippen molar-refractivity contribution in [2.75, 3.05) is 23.7 Å². The number of hydrogen-bond acceptors (Lipinski definition) is 4. The molecule has 0 radical (unpaired) electrons. The number of carboxylic acids is 1. The Morgan fingerprint density at radius 1 is 1.13 bits per heavy atom. The van der Waals surface area contributed by atoms with E-state index in [-0.39, 0.29) is 10.5 Å². The molecule has 0 spiro atoms. The number of rotatable bonds is 5. The maximum atomic E-state index is 12.4. The van der Waals surface area contributed by atoms with E-state index in [4.69, 9.17) is 16.7 Å². The van der Waals surface area contributed by atoms with Gasteiger partial charge in [-0.25, -0.2) is 13.2 Å². The van der Waals surface area contributed by atoms with Gasteiger partial charge in [0.15, 0.2) is 0 Å². The van der Waals surface area contributed by atoms with Crippen LogP contribution in [-0.2, 0) is 10.0 Å². The molecule has 0 amide bonds. The molecule has 0 atom stereocenters. The van der Waals surface area contributed by atoms with Crippen LogP contribution in [0.1, 0.15) is 10.4 Å². The Morgan fingerprint density at radius 2 is 1.74 bits per heavy atom. The fraction of sp³-hybridized carbons (Fsp3) is 0.133. The van der Waals surface area contributed by atoms with Crippen LogP contribution in [0.4, 0.5) is 11.4 Å². The number of para-hydroxylation sites is 1. The normalized spacial score (nSPS) is 11.1.